The van der Waals surface area contributed by atoms with Gasteiger partial charge in [-0.3, -0.25) is 29.1 Å². The van der Waals surface area contributed by atoms with Crippen LogP contribution in [0.15, 0.2) is 84.5 Å². The number of nitrogens with one attached hydrogen (secondary N) is 4. The van der Waals surface area contributed by atoms with Gasteiger partial charge < -0.3 is 35.6 Å². The first-order valence-electron chi connectivity index (χ1n) is 28.4. The Balaban J connectivity index is 0.772. The van der Waals surface area contributed by atoms with Crippen molar-refractivity contribution in [2.24, 2.45) is 5.41 Å². The minimum absolute atomic E-state index is 0.0231. The number of hydrogen-bond acceptors (Lipinski definition) is 12. The highest BCUT2D eigenvalue weighted by Crippen LogP contribution is 2.29. The molecule has 79 heavy (non-hydrogen) atoms. The molecular formula is C60H84N10O8S. The van der Waals surface area contributed by atoms with E-state index >= 15 is 0 Å². The highest BCUT2D eigenvalue weighted by molar-refractivity contribution is 7.13. The predicted molar refractivity (Wildman–Crippen MR) is 307 cm³/mol. The van der Waals surface area contributed by atoms with Crippen LogP contribution in [0, 0.1) is 12.3 Å². The van der Waals surface area contributed by atoms with Crippen molar-refractivity contribution in [2.45, 2.75) is 182 Å². The Morgan fingerprint density at radius 1 is 0.835 bits per heavy atom. The zero-order valence-corrected chi connectivity index (χ0v) is 47.8. The van der Waals surface area contributed by atoms with Crippen LogP contribution in [0.2, 0.25) is 0 Å². The zero-order valence-electron chi connectivity index (χ0n) is 47.0. The molecule has 3 unspecified atom stereocenters. The molecule has 1 fully saturated rings. The summed E-state index contributed by atoms with van der Waals surface area (Å²) < 4.78 is 7.89. The molecule has 5 aromatic rings. The molecule has 18 nitrogen and oxygen atoms in total. The van der Waals surface area contributed by atoms with Crippen molar-refractivity contribution in [3.05, 3.63) is 113 Å². The number of thiazole rings is 1. The van der Waals surface area contributed by atoms with E-state index in [2.05, 4.69) is 38.2 Å². The van der Waals surface area contributed by atoms with E-state index in [1.165, 1.54) is 43.4 Å². The van der Waals surface area contributed by atoms with Crippen LogP contribution >= 0.6 is 11.3 Å². The van der Waals surface area contributed by atoms with Gasteiger partial charge in [0.05, 0.1) is 34.5 Å². The Hall–Kier alpha value is -6.70. The summed E-state index contributed by atoms with van der Waals surface area (Å²) in [4.78, 5) is 74.3. The van der Waals surface area contributed by atoms with Gasteiger partial charge in [-0.15, -0.1) is 16.4 Å². The number of likely N-dealkylation sites (tertiary alicyclic amines) is 1. The smallest absolute Gasteiger partial charge is 0.322 e. The number of carbonyl (C=O) groups excluding carboxylic acids is 5. The van der Waals surface area contributed by atoms with Crippen molar-refractivity contribution < 1.29 is 39.0 Å². The third kappa shape index (κ3) is 20.2. The molecule has 0 spiro atoms. The van der Waals surface area contributed by atoms with Gasteiger partial charge in [0.1, 0.15) is 17.8 Å². The Labute approximate surface area is 470 Å². The number of carbonyl (C=O) groups is 5. The van der Waals surface area contributed by atoms with E-state index in [1.807, 2.05) is 92.6 Å². The van der Waals surface area contributed by atoms with Crippen LogP contribution in [-0.4, -0.2) is 108 Å². The number of urea groups is 1. The maximum Gasteiger partial charge on any atom is 0.322 e. The van der Waals surface area contributed by atoms with Gasteiger partial charge in [0.25, 0.3) is 5.91 Å². The largest absolute Gasteiger partial charge is 0.494 e. The molecule has 6 amide bonds. The van der Waals surface area contributed by atoms with Crippen LogP contribution in [0.1, 0.15) is 163 Å². The molecule has 0 bridgehead atoms. The molecule has 1 aliphatic rings. The fourth-order valence-electron chi connectivity index (χ4n) is 9.63. The van der Waals surface area contributed by atoms with Gasteiger partial charge in [-0.2, -0.15) is 0 Å². The zero-order chi connectivity index (χ0) is 56.6. The maximum absolute atomic E-state index is 14.1. The SMILES string of the molecule is CCCCN(Cc1ccc(C(=O)NO)cc1)C(=O)Nc1ccc(OCCCCCCCCCCCCn2cc(CCCCC(=O)NC(C(=O)N3CC(O)CC3C(=O)NCc3ccc(-c4scnc4C)cc3)C(C)(C)C)nn2)cc1. The van der Waals surface area contributed by atoms with Crippen molar-refractivity contribution in [2.75, 3.05) is 25.0 Å². The lowest BCUT2D eigenvalue weighted by Crippen LogP contribution is -2.57. The van der Waals surface area contributed by atoms with E-state index in [0.717, 1.165) is 90.2 Å². The second-order valence-electron chi connectivity index (χ2n) is 21.9. The van der Waals surface area contributed by atoms with E-state index in [4.69, 9.17) is 9.94 Å². The second-order valence-corrected chi connectivity index (χ2v) is 22.7. The summed E-state index contributed by atoms with van der Waals surface area (Å²) in [6.45, 7) is 12.5. The molecular weight excluding hydrogens is 1020 g/mol. The summed E-state index contributed by atoms with van der Waals surface area (Å²) in [6, 6.07) is 20.3. The van der Waals surface area contributed by atoms with Gasteiger partial charge in [0, 0.05) is 63.0 Å². The monoisotopic (exact) mass is 1100 g/mol. The quantitative estimate of drug-likeness (QED) is 0.0135. The van der Waals surface area contributed by atoms with E-state index in [0.29, 0.717) is 43.8 Å². The Kier molecular flexibility index (Phi) is 24.7. The van der Waals surface area contributed by atoms with Crippen LogP contribution < -0.4 is 26.2 Å². The number of aromatic nitrogens is 4. The highest BCUT2D eigenvalue weighted by atomic mass is 32.1. The number of nitrogens with zero attached hydrogens (tertiary/aromatic N) is 6. The molecule has 0 saturated carbocycles. The third-order valence-electron chi connectivity index (χ3n) is 14.3. The third-order valence-corrected chi connectivity index (χ3v) is 15.3. The van der Waals surface area contributed by atoms with Gasteiger partial charge in [-0.05, 0) is 104 Å². The second kappa shape index (κ2) is 31.8. The molecule has 3 atom stereocenters. The number of unbranched alkanes of at least 4 members (excludes halogenated alkanes) is 11. The topological polar surface area (TPSA) is 233 Å². The Bertz CT molecular complexity index is 2670. The lowest BCUT2D eigenvalue weighted by atomic mass is 9.85. The Morgan fingerprint density at radius 3 is 2.15 bits per heavy atom. The highest BCUT2D eigenvalue weighted by Gasteiger charge is 2.44. The molecule has 0 aliphatic carbocycles. The van der Waals surface area contributed by atoms with E-state index in [1.54, 1.807) is 46.0 Å². The summed E-state index contributed by atoms with van der Waals surface area (Å²) in [6.07, 6.45) is 17.0. The molecule has 6 N–H and O–H groups in total. The van der Waals surface area contributed by atoms with Crippen LogP contribution in [0.25, 0.3) is 10.4 Å². The van der Waals surface area contributed by atoms with Crippen molar-refractivity contribution >= 4 is 46.7 Å². The molecule has 6 rings (SSSR count). The average molecular weight is 1110 g/mol. The fourth-order valence-corrected chi connectivity index (χ4v) is 10.4. The number of aliphatic hydroxyl groups is 1. The number of aryl methyl sites for hydroxylation is 3. The maximum atomic E-state index is 14.1. The fraction of sp³-hybridized carbons (Fsp3) is 0.533. The first kappa shape index (κ1) is 61.5. The van der Waals surface area contributed by atoms with Crippen LogP contribution in [0.5, 0.6) is 5.75 Å². The summed E-state index contributed by atoms with van der Waals surface area (Å²) in [7, 11) is 0. The van der Waals surface area contributed by atoms with E-state index in [-0.39, 0.29) is 49.7 Å². The molecule has 2 aromatic heterocycles. The van der Waals surface area contributed by atoms with Crippen molar-refractivity contribution in [1.29, 1.82) is 0 Å². The number of aliphatic hydroxyl groups excluding tert-OH is 1. The molecule has 1 aliphatic heterocycles. The minimum Gasteiger partial charge on any atom is -0.494 e. The average Bonchev–Trinajstić information content (AvgIpc) is 4.23. The van der Waals surface area contributed by atoms with Crippen LogP contribution in [0.3, 0.4) is 0 Å². The summed E-state index contributed by atoms with van der Waals surface area (Å²) in [5.41, 5.74) is 8.57. The lowest BCUT2D eigenvalue weighted by molar-refractivity contribution is -0.144. The van der Waals surface area contributed by atoms with Crippen LogP contribution in [-0.2, 0) is 40.4 Å². The van der Waals surface area contributed by atoms with Gasteiger partial charge in [-0.25, -0.2) is 15.3 Å². The molecule has 428 valence electrons. The predicted octanol–water partition coefficient (Wildman–Crippen LogP) is 10.2. The van der Waals surface area contributed by atoms with E-state index in [9.17, 15) is 29.1 Å². The van der Waals surface area contributed by atoms with Gasteiger partial charge in [0.15, 0.2) is 0 Å². The van der Waals surface area contributed by atoms with Crippen molar-refractivity contribution in [3.63, 3.8) is 0 Å². The summed E-state index contributed by atoms with van der Waals surface area (Å²) in [5, 5.41) is 37.1. The van der Waals surface area contributed by atoms with Crippen LogP contribution in [0.4, 0.5) is 10.5 Å². The standard InChI is InChI=1S/C60H84N10O8S/c1-6-7-34-68(39-45-24-28-47(29-25-45)56(73)66-77)59(76)63-48-30-32-51(33-31-48)78-36-19-15-13-11-9-8-10-12-14-18-35-69-40-49(65-67-69)20-16-17-21-53(72)64-55(60(3,4)5)58(75)70-41-50(71)37-52(70)57(74)61-38-44-22-26-46(27-23-44)54-43(2)62-42-79-54/h22-33,40,42,50,52,55,71,77H,6-21,34-39,41H2,1-5H3,(H,61,74)(H,63,76)(H,64,72)(H,66,73). The molecule has 3 aromatic carbocycles. The van der Waals surface area contributed by atoms with Gasteiger partial charge in [-0.1, -0.05) is 127 Å². The summed E-state index contributed by atoms with van der Waals surface area (Å²) >= 11 is 1.58. The molecule has 0 radical (unpaired) electrons. The molecule has 3 heterocycles. The number of benzene rings is 3. The molecule has 19 heteroatoms. The lowest BCUT2D eigenvalue weighted by Gasteiger charge is -2.35. The van der Waals surface area contributed by atoms with E-state index < -0.39 is 29.5 Å². The number of hydrogen-bond donors (Lipinski definition) is 6. The van der Waals surface area contributed by atoms with Crippen molar-refractivity contribution in [3.8, 4) is 16.2 Å². The molecule has 1 saturated heterocycles. The van der Waals surface area contributed by atoms with Crippen molar-refractivity contribution in [1.82, 2.24) is 45.9 Å². The Morgan fingerprint density at radius 2 is 1.51 bits per heavy atom. The summed E-state index contributed by atoms with van der Waals surface area (Å²) in [5.74, 6) is -0.753. The number of anilines is 1. The number of rotatable bonds is 32. The first-order chi connectivity index (χ1) is 38.1. The number of amides is 6. The van der Waals surface area contributed by atoms with Gasteiger partial charge >= 0.3 is 6.03 Å². The van der Waals surface area contributed by atoms with Gasteiger partial charge in [0.2, 0.25) is 17.7 Å². The first-order valence-corrected chi connectivity index (χ1v) is 29.3. The minimum atomic E-state index is -0.873. The number of ether oxygens (including phenoxy) is 1. The normalized spacial score (nSPS) is 14.6. The number of hydroxylamine groups is 1. The number of β-amino-alcohol motifs (C(OH)–C–C–N with tert-alkyl or cyclic N) is 1.